The quantitative estimate of drug-likeness (QED) is 0.873. The maximum Gasteiger partial charge on any atom is 0.272 e. The van der Waals surface area contributed by atoms with Crippen LogP contribution >= 0.6 is 0 Å². The SMILES string of the molecule is COc1ccc(CCNc2ccc(C(=O)N3CCOCC3)nc2)cc1. The van der Waals surface area contributed by atoms with Crippen LogP contribution in [-0.4, -0.2) is 55.7 Å². The van der Waals surface area contributed by atoms with Gasteiger partial charge in [0, 0.05) is 19.6 Å². The van der Waals surface area contributed by atoms with Crippen molar-refractivity contribution in [3.8, 4) is 5.75 Å². The summed E-state index contributed by atoms with van der Waals surface area (Å²) in [7, 11) is 1.66. The minimum absolute atomic E-state index is 0.0342. The lowest BCUT2D eigenvalue weighted by atomic mass is 10.1. The van der Waals surface area contributed by atoms with Gasteiger partial charge in [-0.1, -0.05) is 12.1 Å². The van der Waals surface area contributed by atoms with Gasteiger partial charge in [0.2, 0.25) is 0 Å². The molecule has 0 radical (unpaired) electrons. The summed E-state index contributed by atoms with van der Waals surface area (Å²) in [5, 5.41) is 3.33. The third-order valence-electron chi connectivity index (χ3n) is 4.18. The average Bonchev–Trinajstić information content (AvgIpc) is 2.69. The lowest BCUT2D eigenvalue weighted by Gasteiger charge is -2.26. The van der Waals surface area contributed by atoms with Crippen LogP contribution in [-0.2, 0) is 11.2 Å². The summed E-state index contributed by atoms with van der Waals surface area (Å²) in [6, 6.07) is 11.7. The minimum atomic E-state index is -0.0342. The molecule has 0 bridgehead atoms. The molecule has 0 saturated carbocycles. The Kier molecular flexibility index (Phi) is 5.85. The van der Waals surface area contributed by atoms with Crippen molar-refractivity contribution >= 4 is 11.6 Å². The highest BCUT2D eigenvalue weighted by Crippen LogP contribution is 2.13. The van der Waals surface area contributed by atoms with E-state index in [0.717, 1.165) is 24.4 Å². The van der Waals surface area contributed by atoms with Crippen LogP contribution in [0.5, 0.6) is 5.75 Å². The number of hydrogen-bond donors (Lipinski definition) is 1. The van der Waals surface area contributed by atoms with Crippen LogP contribution in [0.1, 0.15) is 16.1 Å². The Balaban J connectivity index is 1.49. The van der Waals surface area contributed by atoms with Gasteiger partial charge in [-0.2, -0.15) is 0 Å². The number of benzene rings is 1. The maximum atomic E-state index is 12.3. The first-order valence-corrected chi connectivity index (χ1v) is 8.46. The summed E-state index contributed by atoms with van der Waals surface area (Å²) >= 11 is 0. The predicted molar refractivity (Wildman–Crippen MR) is 96.1 cm³/mol. The molecule has 2 aromatic rings. The molecule has 1 amide bonds. The molecule has 1 aliphatic rings. The van der Waals surface area contributed by atoms with Gasteiger partial charge in [0.15, 0.2) is 0 Å². The van der Waals surface area contributed by atoms with Gasteiger partial charge in [-0.25, -0.2) is 4.98 Å². The lowest BCUT2D eigenvalue weighted by Crippen LogP contribution is -2.41. The highest BCUT2D eigenvalue weighted by Gasteiger charge is 2.19. The summed E-state index contributed by atoms with van der Waals surface area (Å²) < 4.78 is 10.4. The fourth-order valence-corrected chi connectivity index (χ4v) is 2.70. The topological polar surface area (TPSA) is 63.7 Å². The molecular formula is C19H23N3O3. The number of pyridine rings is 1. The number of amides is 1. The number of anilines is 1. The van der Waals surface area contributed by atoms with Crippen LogP contribution < -0.4 is 10.1 Å². The largest absolute Gasteiger partial charge is 0.497 e. The Morgan fingerprint density at radius 3 is 2.60 bits per heavy atom. The van der Waals surface area contributed by atoms with E-state index in [4.69, 9.17) is 9.47 Å². The van der Waals surface area contributed by atoms with Crippen molar-refractivity contribution in [1.29, 1.82) is 0 Å². The number of carbonyl (C=O) groups is 1. The molecule has 6 nitrogen and oxygen atoms in total. The number of methoxy groups -OCH3 is 1. The van der Waals surface area contributed by atoms with E-state index in [2.05, 4.69) is 22.4 Å². The van der Waals surface area contributed by atoms with Crippen molar-refractivity contribution in [2.45, 2.75) is 6.42 Å². The van der Waals surface area contributed by atoms with E-state index in [0.29, 0.717) is 32.0 Å². The number of nitrogens with one attached hydrogen (secondary N) is 1. The molecule has 132 valence electrons. The molecule has 0 atom stereocenters. The van der Waals surface area contributed by atoms with E-state index in [9.17, 15) is 4.79 Å². The molecule has 1 N–H and O–H groups in total. The molecule has 2 heterocycles. The van der Waals surface area contributed by atoms with Crippen LogP contribution in [0.2, 0.25) is 0 Å². The van der Waals surface area contributed by atoms with E-state index in [1.807, 2.05) is 18.2 Å². The second-order valence-electron chi connectivity index (χ2n) is 5.86. The molecule has 0 spiro atoms. The van der Waals surface area contributed by atoms with Crippen LogP contribution in [0.15, 0.2) is 42.6 Å². The average molecular weight is 341 g/mol. The van der Waals surface area contributed by atoms with Crippen molar-refractivity contribution in [1.82, 2.24) is 9.88 Å². The summed E-state index contributed by atoms with van der Waals surface area (Å²) in [4.78, 5) is 18.4. The van der Waals surface area contributed by atoms with E-state index in [1.165, 1.54) is 5.56 Å². The van der Waals surface area contributed by atoms with Gasteiger partial charge in [0.25, 0.3) is 5.91 Å². The zero-order valence-electron chi connectivity index (χ0n) is 14.4. The van der Waals surface area contributed by atoms with Crippen molar-refractivity contribution in [3.63, 3.8) is 0 Å². The predicted octanol–water partition coefficient (Wildman–Crippen LogP) is 2.22. The number of ether oxygens (including phenoxy) is 2. The van der Waals surface area contributed by atoms with Crippen LogP contribution in [0.3, 0.4) is 0 Å². The molecular weight excluding hydrogens is 318 g/mol. The summed E-state index contributed by atoms with van der Waals surface area (Å²) in [6.45, 7) is 3.24. The normalized spacial score (nSPS) is 14.2. The van der Waals surface area contributed by atoms with Gasteiger partial charge in [-0.05, 0) is 36.2 Å². The van der Waals surface area contributed by atoms with E-state index in [-0.39, 0.29) is 5.91 Å². The zero-order valence-corrected chi connectivity index (χ0v) is 14.4. The van der Waals surface area contributed by atoms with Crippen LogP contribution in [0.25, 0.3) is 0 Å². The first-order chi connectivity index (χ1) is 12.3. The van der Waals surface area contributed by atoms with Gasteiger partial charge >= 0.3 is 0 Å². The minimum Gasteiger partial charge on any atom is -0.497 e. The molecule has 3 rings (SSSR count). The molecule has 1 aromatic carbocycles. The molecule has 1 aromatic heterocycles. The second-order valence-corrected chi connectivity index (χ2v) is 5.86. The van der Waals surface area contributed by atoms with Gasteiger partial charge in [-0.15, -0.1) is 0 Å². The highest BCUT2D eigenvalue weighted by atomic mass is 16.5. The molecule has 0 unspecified atom stereocenters. The molecule has 1 fully saturated rings. The smallest absolute Gasteiger partial charge is 0.272 e. The number of morpholine rings is 1. The molecule has 1 aliphatic heterocycles. The Hall–Kier alpha value is -2.60. The van der Waals surface area contributed by atoms with Gasteiger partial charge < -0.3 is 19.7 Å². The standard InChI is InChI=1S/C19H23N3O3/c1-24-17-5-2-15(3-6-17)8-9-20-16-4-7-18(21-14-16)19(23)22-10-12-25-13-11-22/h2-7,14,20H,8-13H2,1H3. The zero-order chi connectivity index (χ0) is 17.5. The lowest BCUT2D eigenvalue weighted by molar-refractivity contribution is 0.0299. The molecule has 25 heavy (non-hydrogen) atoms. The van der Waals surface area contributed by atoms with E-state index in [1.54, 1.807) is 24.3 Å². The number of nitrogens with zero attached hydrogens (tertiary/aromatic N) is 2. The van der Waals surface area contributed by atoms with Crippen molar-refractivity contribution in [3.05, 3.63) is 53.9 Å². The van der Waals surface area contributed by atoms with Gasteiger partial charge in [-0.3, -0.25) is 4.79 Å². The van der Waals surface area contributed by atoms with Crippen molar-refractivity contribution < 1.29 is 14.3 Å². The Morgan fingerprint density at radius 2 is 1.96 bits per heavy atom. The summed E-state index contributed by atoms with van der Waals surface area (Å²) in [5.41, 5.74) is 2.62. The highest BCUT2D eigenvalue weighted by molar-refractivity contribution is 5.92. The Morgan fingerprint density at radius 1 is 1.20 bits per heavy atom. The molecule has 0 aliphatic carbocycles. The third kappa shape index (κ3) is 4.70. The number of aromatic nitrogens is 1. The van der Waals surface area contributed by atoms with E-state index < -0.39 is 0 Å². The van der Waals surface area contributed by atoms with Crippen molar-refractivity contribution in [2.75, 3.05) is 45.3 Å². The number of carbonyl (C=O) groups excluding carboxylic acids is 1. The maximum absolute atomic E-state index is 12.3. The molecule has 6 heteroatoms. The van der Waals surface area contributed by atoms with Gasteiger partial charge in [0.05, 0.1) is 32.2 Å². The van der Waals surface area contributed by atoms with E-state index >= 15 is 0 Å². The van der Waals surface area contributed by atoms with Crippen LogP contribution in [0.4, 0.5) is 5.69 Å². The monoisotopic (exact) mass is 341 g/mol. The first kappa shape index (κ1) is 17.2. The first-order valence-electron chi connectivity index (χ1n) is 8.46. The molecule has 1 saturated heterocycles. The third-order valence-corrected chi connectivity index (χ3v) is 4.18. The Bertz CT molecular complexity index is 680. The summed E-state index contributed by atoms with van der Waals surface area (Å²) in [6.07, 6.45) is 2.61. The fourth-order valence-electron chi connectivity index (χ4n) is 2.70. The van der Waals surface area contributed by atoms with Gasteiger partial charge in [0.1, 0.15) is 11.4 Å². The number of rotatable bonds is 6. The summed E-state index contributed by atoms with van der Waals surface area (Å²) in [5.74, 6) is 0.828. The van der Waals surface area contributed by atoms with Crippen LogP contribution in [0, 0.1) is 0 Å². The fraction of sp³-hybridized carbons (Fsp3) is 0.368. The number of hydrogen-bond acceptors (Lipinski definition) is 5. The van der Waals surface area contributed by atoms with Crippen molar-refractivity contribution in [2.24, 2.45) is 0 Å². The second kappa shape index (κ2) is 8.48. The Labute approximate surface area is 147 Å².